The molecule has 0 spiro atoms. The Balaban J connectivity index is 2.67. The maximum atomic E-state index is 12.6. The van der Waals surface area contributed by atoms with E-state index in [1.54, 1.807) is 34.6 Å². The van der Waals surface area contributed by atoms with Gasteiger partial charge in [-0.25, -0.2) is 15.0 Å². The number of hydrazine groups is 1. The van der Waals surface area contributed by atoms with Crippen LogP contribution < -0.4 is 5.43 Å². The molecule has 1 rings (SSSR count). The number of esters is 2. The fourth-order valence-corrected chi connectivity index (χ4v) is 2.47. The summed E-state index contributed by atoms with van der Waals surface area (Å²) in [4.78, 5) is 38.0. The lowest BCUT2D eigenvalue weighted by molar-refractivity contribution is -0.159. The van der Waals surface area contributed by atoms with Crippen LogP contribution in [0.2, 0.25) is 0 Å². The number of rotatable bonds is 5. The molecule has 1 unspecified atom stereocenters. The van der Waals surface area contributed by atoms with Crippen molar-refractivity contribution >= 4 is 18.0 Å². The molecule has 0 aromatic rings. The predicted octanol–water partition coefficient (Wildman–Crippen LogP) is 1.30. The van der Waals surface area contributed by atoms with E-state index in [0.29, 0.717) is 13.0 Å². The molecule has 24 heavy (non-hydrogen) atoms. The monoisotopic (exact) mass is 343 g/mol. The molecule has 138 valence electrons. The van der Waals surface area contributed by atoms with E-state index < -0.39 is 29.6 Å². The van der Waals surface area contributed by atoms with Gasteiger partial charge in [0.05, 0.1) is 6.61 Å². The number of likely N-dealkylation sites (tertiary alicyclic amines) is 1. The Kier molecular flexibility index (Phi) is 7.01. The first-order chi connectivity index (χ1) is 11.1. The Hall–Kier alpha value is -1.83. The van der Waals surface area contributed by atoms with Gasteiger partial charge in [0.2, 0.25) is 0 Å². The summed E-state index contributed by atoms with van der Waals surface area (Å²) >= 11 is 0. The van der Waals surface area contributed by atoms with E-state index in [1.807, 2.05) is 0 Å². The van der Waals surface area contributed by atoms with Crippen molar-refractivity contribution < 1.29 is 23.9 Å². The van der Waals surface area contributed by atoms with E-state index in [4.69, 9.17) is 9.47 Å². The van der Waals surface area contributed by atoms with Crippen molar-refractivity contribution in [1.29, 1.82) is 0 Å². The summed E-state index contributed by atoms with van der Waals surface area (Å²) in [6.45, 7) is 9.45. The SMILES string of the molecule is CCOC(=O)C(C)NN(C)C(=O)N1CCC[C@H]1C(=O)OC(C)(C)C. The minimum absolute atomic E-state index is 0.273. The molecule has 0 aromatic carbocycles. The van der Waals surface area contributed by atoms with Crippen molar-refractivity contribution in [3.8, 4) is 0 Å². The second kappa shape index (κ2) is 8.32. The van der Waals surface area contributed by atoms with Crippen molar-refractivity contribution in [3.05, 3.63) is 0 Å². The summed E-state index contributed by atoms with van der Waals surface area (Å²) < 4.78 is 10.3. The van der Waals surface area contributed by atoms with Crippen LogP contribution in [-0.2, 0) is 19.1 Å². The summed E-state index contributed by atoms with van der Waals surface area (Å²) in [5, 5.41) is 1.21. The van der Waals surface area contributed by atoms with Gasteiger partial charge in [0.15, 0.2) is 0 Å². The normalized spacial score (nSPS) is 18.9. The molecule has 2 atom stereocenters. The highest BCUT2D eigenvalue weighted by Gasteiger charge is 2.38. The number of amides is 2. The zero-order valence-electron chi connectivity index (χ0n) is 15.4. The minimum atomic E-state index is -0.665. The first-order valence-electron chi connectivity index (χ1n) is 8.26. The molecule has 1 fully saturated rings. The molecule has 1 aliphatic heterocycles. The molecule has 1 N–H and O–H groups in total. The molecule has 0 bridgehead atoms. The van der Waals surface area contributed by atoms with E-state index >= 15 is 0 Å². The van der Waals surface area contributed by atoms with Crippen LogP contribution >= 0.6 is 0 Å². The quantitative estimate of drug-likeness (QED) is 0.598. The first-order valence-corrected chi connectivity index (χ1v) is 8.26. The molecule has 8 nitrogen and oxygen atoms in total. The standard InChI is InChI=1S/C16H29N3O5/c1-7-23-13(20)11(2)17-18(6)15(22)19-10-8-9-12(19)14(21)24-16(3,4)5/h11-12,17H,7-10H2,1-6H3/t11?,12-/m0/s1. The molecule has 0 saturated carbocycles. The van der Waals surface area contributed by atoms with Crippen molar-refractivity contribution in [3.63, 3.8) is 0 Å². The van der Waals surface area contributed by atoms with Gasteiger partial charge in [-0.3, -0.25) is 9.80 Å². The van der Waals surface area contributed by atoms with E-state index in [-0.39, 0.29) is 12.6 Å². The van der Waals surface area contributed by atoms with Crippen LogP contribution in [0.1, 0.15) is 47.5 Å². The number of ether oxygens (including phenoxy) is 2. The van der Waals surface area contributed by atoms with Crippen molar-refractivity contribution in [2.75, 3.05) is 20.2 Å². The summed E-state index contributed by atoms with van der Waals surface area (Å²) in [5.41, 5.74) is 2.16. The molecule has 8 heteroatoms. The predicted molar refractivity (Wildman–Crippen MR) is 88.0 cm³/mol. The first kappa shape index (κ1) is 20.2. The van der Waals surface area contributed by atoms with Crippen molar-refractivity contribution in [2.45, 2.75) is 65.1 Å². The molecular weight excluding hydrogens is 314 g/mol. The van der Waals surface area contributed by atoms with E-state index in [1.165, 1.54) is 17.0 Å². The zero-order valence-corrected chi connectivity index (χ0v) is 15.4. The lowest BCUT2D eigenvalue weighted by Gasteiger charge is -2.31. The molecule has 0 aliphatic carbocycles. The van der Waals surface area contributed by atoms with E-state index in [0.717, 1.165) is 6.42 Å². The average Bonchev–Trinajstić information content (AvgIpc) is 2.94. The van der Waals surface area contributed by atoms with Crippen molar-refractivity contribution in [1.82, 2.24) is 15.3 Å². The lowest BCUT2D eigenvalue weighted by Crippen LogP contribution is -2.55. The topological polar surface area (TPSA) is 88.2 Å². The fraction of sp³-hybridized carbons (Fsp3) is 0.812. The Morgan fingerprint density at radius 2 is 1.96 bits per heavy atom. The molecule has 0 aromatic heterocycles. The Morgan fingerprint density at radius 1 is 1.33 bits per heavy atom. The maximum absolute atomic E-state index is 12.6. The number of urea groups is 1. The molecule has 1 saturated heterocycles. The molecular formula is C16H29N3O5. The van der Waals surface area contributed by atoms with Crippen LogP contribution in [0.15, 0.2) is 0 Å². The van der Waals surface area contributed by atoms with Gasteiger partial charge in [0, 0.05) is 13.6 Å². The molecule has 1 aliphatic rings. The van der Waals surface area contributed by atoms with Crippen LogP contribution in [0.5, 0.6) is 0 Å². The van der Waals surface area contributed by atoms with Gasteiger partial charge in [-0.15, -0.1) is 0 Å². The highest BCUT2D eigenvalue weighted by Crippen LogP contribution is 2.22. The van der Waals surface area contributed by atoms with Crippen molar-refractivity contribution in [2.24, 2.45) is 0 Å². The van der Waals surface area contributed by atoms with Gasteiger partial charge in [-0.05, 0) is 47.5 Å². The third kappa shape index (κ3) is 5.67. The number of carbonyl (C=O) groups excluding carboxylic acids is 3. The Labute approximate surface area is 143 Å². The molecule has 0 radical (unpaired) electrons. The third-order valence-electron chi connectivity index (χ3n) is 3.49. The lowest BCUT2D eigenvalue weighted by atomic mass is 10.1. The summed E-state index contributed by atoms with van der Waals surface area (Å²) in [7, 11) is 1.52. The highest BCUT2D eigenvalue weighted by molar-refractivity contribution is 5.84. The van der Waals surface area contributed by atoms with Gasteiger partial charge in [-0.1, -0.05) is 0 Å². The van der Waals surface area contributed by atoms with E-state index in [2.05, 4.69) is 5.43 Å². The van der Waals surface area contributed by atoms with Gasteiger partial charge in [0.25, 0.3) is 0 Å². The Bertz CT molecular complexity index is 475. The van der Waals surface area contributed by atoms with Gasteiger partial charge in [-0.2, -0.15) is 0 Å². The molecule has 2 amide bonds. The Morgan fingerprint density at radius 3 is 2.50 bits per heavy atom. The molecule has 1 heterocycles. The van der Waals surface area contributed by atoms with Crippen LogP contribution in [0, 0.1) is 0 Å². The van der Waals surface area contributed by atoms with Crippen LogP contribution in [0.4, 0.5) is 4.79 Å². The summed E-state index contributed by atoms with van der Waals surface area (Å²) in [5.74, 6) is -0.845. The van der Waals surface area contributed by atoms with Gasteiger partial charge in [0.1, 0.15) is 17.7 Å². The second-order valence-corrected chi connectivity index (χ2v) is 6.83. The summed E-state index contributed by atoms with van der Waals surface area (Å²) in [6, 6.07) is -1.64. The van der Waals surface area contributed by atoms with Crippen LogP contribution in [0.3, 0.4) is 0 Å². The largest absolute Gasteiger partial charge is 0.465 e. The van der Waals surface area contributed by atoms with Crippen LogP contribution in [-0.4, -0.2) is 65.8 Å². The number of hydrogen-bond donors (Lipinski definition) is 1. The summed E-state index contributed by atoms with van der Waals surface area (Å²) in [6.07, 6.45) is 1.30. The smallest absolute Gasteiger partial charge is 0.334 e. The van der Waals surface area contributed by atoms with Gasteiger partial charge >= 0.3 is 18.0 Å². The number of carbonyl (C=O) groups is 3. The van der Waals surface area contributed by atoms with Gasteiger partial charge < -0.3 is 14.4 Å². The zero-order chi connectivity index (χ0) is 18.5. The van der Waals surface area contributed by atoms with Crippen LogP contribution in [0.25, 0.3) is 0 Å². The number of hydrogen-bond acceptors (Lipinski definition) is 6. The average molecular weight is 343 g/mol. The number of nitrogens with zero attached hydrogens (tertiary/aromatic N) is 2. The second-order valence-electron chi connectivity index (χ2n) is 6.83. The van der Waals surface area contributed by atoms with E-state index in [9.17, 15) is 14.4 Å². The highest BCUT2D eigenvalue weighted by atomic mass is 16.6. The number of nitrogens with one attached hydrogen (secondary N) is 1. The third-order valence-corrected chi connectivity index (χ3v) is 3.49. The maximum Gasteiger partial charge on any atom is 0.334 e. The fourth-order valence-electron chi connectivity index (χ4n) is 2.47. The minimum Gasteiger partial charge on any atom is -0.465 e.